The molecule has 5 heteroatoms. The highest BCUT2D eigenvalue weighted by Crippen LogP contribution is 2.26. The van der Waals surface area contributed by atoms with Crippen LogP contribution in [0.4, 0.5) is 0 Å². The summed E-state index contributed by atoms with van der Waals surface area (Å²) in [6, 6.07) is 11.5. The van der Waals surface area contributed by atoms with E-state index in [0.717, 1.165) is 20.8 Å². The van der Waals surface area contributed by atoms with E-state index in [4.69, 9.17) is 7.85 Å². The smallest absolute Gasteiger partial charge is 0.169 e. The summed E-state index contributed by atoms with van der Waals surface area (Å²) in [6.07, 6.45) is 0. The number of benzene rings is 1. The van der Waals surface area contributed by atoms with Crippen LogP contribution in [0.15, 0.2) is 36.4 Å². The van der Waals surface area contributed by atoms with Crippen LogP contribution in [0.3, 0.4) is 0 Å². The summed E-state index contributed by atoms with van der Waals surface area (Å²) in [5.41, 5.74) is 1.74. The normalized spacial score (nSPS) is 9.00. The lowest BCUT2D eigenvalue weighted by molar-refractivity contribution is 0.102. The first-order chi connectivity index (χ1) is 7.18. The van der Waals surface area contributed by atoms with E-state index in [2.05, 4.69) is 0 Å². The van der Waals surface area contributed by atoms with E-state index >= 15 is 0 Å². The number of Topliss-reactive ketones (excluding diaryl/α,β-unsaturated/α-hetero) is 1. The van der Waals surface area contributed by atoms with Crippen molar-refractivity contribution in [2.24, 2.45) is 0 Å². The van der Waals surface area contributed by atoms with E-state index in [1.807, 2.05) is 36.4 Å². The van der Waals surface area contributed by atoms with Gasteiger partial charge in [0.1, 0.15) is 7.85 Å². The fraction of sp³-hybridized carbons (Fsp3) is 0.0833. The Labute approximate surface area is 105 Å². The van der Waals surface area contributed by atoms with Crippen LogP contribution in [-0.2, 0) is 0 Å². The molecule has 1 heterocycles. The van der Waals surface area contributed by atoms with Gasteiger partial charge in [0.15, 0.2) is 5.78 Å². The van der Waals surface area contributed by atoms with E-state index in [0.29, 0.717) is 0 Å². The van der Waals surface area contributed by atoms with Crippen molar-refractivity contribution in [3.8, 4) is 10.4 Å². The first-order valence-corrected chi connectivity index (χ1v) is 5.46. The van der Waals surface area contributed by atoms with Crippen molar-refractivity contribution in [1.82, 2.24) is 0 Å². The van der Waals surface area contributed by atoms with E-state index in [-0.39, 0.29) is 16.7 Å². The van der Waals surface area contributed by atoms with E-state index in [1.165, 1.54) is 11.3 Å². The van der Waals surface area contributed by atoms with Gasteiger partial charge in [0, 0.05) is 4.88 Å². The molecule has 0 aliphatic rings. The summed E-state index contributed by atoms with van der Waals surface area (Å²) in [5.74, 6) is 0.0979. The second-order valence-corrected chi connectivity index (χ2v) is 4.39. The molecule has 0 fully saturated rings. The minimum atomic E-state index is 0. The second-order valence-electron chi connectivity index (χ2n) is 3.31. The van der Waals surface area contributed by atoms with Gasteiger partial charge in [-0.2, -0.15) is 0 Å². The zero-order valence-electron chi connectivity index (χ0n) is 9.36. The number of hydrogen-bond donors (Lipinski definition) is 0. The molecule has 2 aromatic rings. The van der Waals surface area contributed by atoms with Gasteiger partial charge in [0.05, 0.1) is 4.88 Å². The Morgan fingerprint density at radius 2 is 1.76 bits per heavy atom. The largest absolute Gasteiger partial charge is 0.412 e. The van der Waals surface area contributed by atoms with Crippen molar-refractivity contribution in [2.45, 2.75) is 6.92 Å². The molecule has 0 atom stereocenters. The number of thiophene rings is 1. The fourth-order valence-corrected chi connectivity index (χ4v) is 2.34. The van der Waals surface area contributed by atoms with E-state index < -0.39 is 0 Å². The first-order valence-electron chi connectivity index (χ1n) is 4.64. The lowest BCUT2D eigenvalue weighted by atomic mass is 9.90. The number of hydrogen-bond acceptors (Lipinski definition) is 2. The number of carbonyl (C=O) groups is 1. The molecule has 3 nitrogen and oxygen atoms in total. The van der Waals surface area contributed by atoms with Crippen molar-refractivity contribution in [3.05, 3.63) is 41.3 Å². The Kier molecular flexibility index (Phi) is 5.81. The van der Waals surface area contributed by atoms with Gasteiger partial charge in [-0.3, -0.25) is 4.79 Å². The van der Waals surface area contributed by atoms with Crippen molar-refractivity contribution in [1.29, 1.82) is 0 Å². The first kappa shape index (κ1) is 15.6. The molecule has 88 valence electrons. The standard InChI is InChI=1S/C12H9BOS.2H2O/c1-8(14)11-6-7-12(15-11)9-4-2-3-5-10(9)13;;/h2-7H,1H3;2*1H2. The molecule has 0 saturated carbocycles. The van der Waals surface area contributed by atoms with Gasteiger partial charge in [-0.05, 0) is 24.6 Å². The molecule has 2 radical (unpaired) electrons. The Balaban J connectivity index is 0.00000128. The molecule has 0 saturated heterocycles. The van der Waals surface area contributed by atoms with Gasteiger partial charge < -0.3 is 11.0 Å². The molecule has 0 aliphatic carbocycles. The molecule has 2 rings (SSSR count). The zero-order chi connectivity index (χ0) is 10.8. The third-order valence-corrected chi connectivity index (χ3v) is 3.40. The number of ketones is 1. The minimum Gasteiger partial charge on any atom is -0.412 e. The molecule has 0 amide bonds. The summed E-state index contributed by atoms with van der Waals surface area (Å²) in [6.45, 7) is 1.57. The zero-order valence-corrected chi connectivity index (χ0v) is 10.2. The van der Waals surface area contributed by atoms with Crippen LogP contribution >= 0.6 is 11.3 Å². The quantitative estimate of drug-likeness (QED) is 0.570. The van der Waals surface area contributed by atoms with Crippen molar-refractivity contribution < 1.29 is 15.7 Å². The molecule has 0 spiro atoms. The summed E-state index contributed by atoms with van der Waals surface area (Å²) >= 11 is 1.48. The van der Waals surface area contributed by atoms with E-state index in [9.17, 15) is 4.79 Å². The molecule has 1 aromatic heterocycles. The Hall–Kier alpha value is -1.43. The van der Waals surface area contributed by atoms with Crippen LogP contribution < -0.4 is 5.46 Å². The summed E-state index contributed by atoms with van der Waals surface area (Å²) in [4.78, 5) is 13.0. The van der Waals surface area contributed by atoms with Crippen LogP contribution in [0, 0.1) is 0 Å². The van der Waals surface area contributed by atoms with Gasteiger partial charge in [-0.25, -0.2) is 0 Å². The minimum absolute atomic E-state index is 0. The molecule has 0 unspecified atom stereocenters. The maximum absolute atomic E-state index is 11.2. The third-order valence-electron chi connectivity index (χ3n) is 2.18. The maximum atomic E-state index is 11.2. The maximum Gasteiger partial charge on any atom is 0.169 e. The van der Waals surface area contributed by atoms with Crippen molar-refractivity contribution in [3.63, 3.8) is 0 Å². The highest BCUT2D eigenvalue weighted by atomic mass is 32.1. The molecule has 0 bridgehead atoms. The third kappa shape index (κ3) is 3.26. The Bertz CT molecular complexity index is 508. The van der Waals surface area contributed by atoms with E-state index in [1.54, 1.807) is 6.92 Å². The van der Waals surface area contributed by atoms with Crippen LogP contribution in [-0.4, -0.2) is 24.6 Å². The molecule has 0 aliphatic heterocycles. The Morgan fingerprint density at radius 1 is 1.12 bits per heavy atom. The lowest BCUT2D eigenvalue weighted by Gasteiger charge is -2.01. The second kappa shape index (κ2) is 6.34. The van der Waals surface area contributed by atoms with Crippen molar-refractivity contribution >= 4 is 30.4 Å². The average molecular weight is 248 g/mol. The SMILES string of the molecule is O.O.[B]c1ccccc1-c1ccc(C(C)=O)s1. The highest BCUT2D eigenvalue weighted by molar-refractivity contribution is 7.17. The van der Waals surface area contributed by atoms with Gasteiger partial charge in [-0.1, -0.05) is 29.7 Å². The highest BCUT2D eigenvalue weighted by Gasteiger charge is 2.06. The number of carbonyl (C=O) groups excluding carboxylic acids is 1. The van der Waals surface area contributed by atoms with Crippen LogP contribution in [0.2, 0.25) is 0 Å². The van der Waals surface area contributed by atoms with Crippen LogP contribution in [0.1, 0.15) is 16.6 Å². The van der Waals surface area contributed by atoms with Crippen LogP contribution in [0.25, 0.3) is 10.4 Å². The average Bonchev–Trinajstić information content (AvgIpc) is 2.67. The fourth-order valence-electron chi connectivity index (χ4n) is 1.39. The predicted octanol–water partition coefficient (Wildman–Crippen LogP) is 0.762. The molecule has 4 N–H and O–H groups in total. The molecule has 1 aromatic carbocycles. The van der Waals surface area contributed by atoms with Gasteiger partial charge >= 0.3 is 0 Å². The molecule has 17 heavy (non-hydrogen) atoms. The number of rotatable bonds is 2. The predicted molar refractivity (Wildman–Crippen MR) is 72.4 cm³/mol. The topological polar surface area (TPSA) is 80.1 Å². The molecular weight excluding hydrogens is 235 g/mol. The monoisotopic (exact) mass is 248 g/mol. The van der Waals surface area contributed by atoms with Gasteiger partial charge in [-0.15, -0.1) is 11.3 Å². The summed E-state index contributed by atoms with van der Waals surface area (Å²) < 4.78 is 0. The van der Waals surface area contributed by atoms with Crippen molar-refractivity contribution in [2.75, 3.05) is 0 Å². The lowest BCUT2D eigenvalue weighted by Crippen LogP contribution is -2.04. The summed E-state index contributed by atoms with van der Waals surface area (Å²) in [7, 11) is 5.86. The Morgan fingerprint density at radius 3 is 2.29 bits per heavy atom. The molecular formula is C12H13BO3S. The van der Waals surface area contributed by atoms with Gasteiger partial charge in [0.2, 0.25) is 0 Å². The summed E-state index contributed by atoms with van der Waals surface area (Å²) in [5, 5.41) is 0. The van der Waals surface area contributed by atoms with Gasteiger partial charge in [0.25, 0.3) is 0 Å². The van der Waals surface area contributed by atoms with Crippen LogP contribution in [0.5, 0.6) is 0 Å².